The van der Waals surface area contributed by atoms with Gasteiger partial charge in [0.15, 0.2) is 0 Å². The van der Waals surface area contributed by atoms with E-state index >= 15 is 0 Å². The second-order valence-corrected chi connectivity index (χ2v) is 4.98. The molecule has 106 valence electrons. The highest BCUT2D eigenvalue weighted by Crippen LogP contribution is 2.35. The summed E-state index contributed by atoms with van der Waals surface area (Å²) >= 11 is 0. The van der Waals surface area contributed by atoms with Gasteiger partial charge in [-0.2, -0.15) is 0 Å². The molecule has 0 amide bonds. The van der Waals surface area contributed by atoms with Crippen LogP contribution >= 0.6 is 0 Å². The van der Waals surface area contributed by atoms with Crippen LogP contribution < -0.4 is 20.1 Å². The van der Waals surface area contributed by atoms with E-state index in [9.17, 15) is 0 Å². The Morgan fingerprint density at radius 2 is 2.16 bits per heavy atom. The van der Waals surface area contributed by atoms with Crippen LogP contribution in [0.25, 0.3) is 0 Å². The minimum atomic E-state index is 0.290. The molecule has 1 aliphatic heterocycles. The SMILES string of the molecule is CNC(c1cc(OC)ccc1OC)C1CCCNC1. The van der Waals surface area contributed by atoms with Gasteiger partial charge >= 0.3 is 0 Å². The molecule has 0 saturated carbocycles. The standard InChI is InChI=1S/C15H24N2O2/c1-16-15(11-5-4-8-17-10-11)13-9-12(18-2)6-7-14(13)19-3/h6-7,9,11,15-17H,4-5,8,10H2,1-3H3. The first-order valence-electron chi connectivity index (χ1n) is 6.90. The van der Waals surface area contributed by atoms with Crippen LogP contribution in [0.1, 0.15) is 24.4 Å². The van der Waals surface area contributed by atoms with Gasteiger partial charge in [0.05, 0.1) is 14.2 Å². The summed E-state index contributed by atoms with van der Waals surface area (Å²) in [6, 6.07) is 6.29. The molecular weight excluding hydrogens is 240 g/mol. The highest BCUT2D eigenvalue weighted by Gasteiger charge is 2.26. The number of piperidine rings is 1. The van der Waals surface area contributed by atoms with E-state index in [-0.39, 0.29) is 6.04 Å². The molecule has 2 N–H and O–H groups in total. The smallest absolute Gasteiger partial charge is 0.123 e. The molecule has 0 radical (unpaired) electrons. The molecule has 2 rings (SSSR count). The predicted molar refractivity (Wildman–Crippen MR) is 76.9 cm³/mol. The molecule has 0 bridgehead atoms. The maximum Gasteiger partial charge on any atom is 0.123 e. The lowest BCUT2D eigenvalue weighted by atomic mass is 9.87. The van der Waals surface area contributed by atoms with Crippen molar-refractivity contribution < 1.29 is 9.47 Å². The van der Waals surface area contributed by atoms with Crippen LogP contribution in [-0.2, 0) is 0 Å². The fourth-order valence-corrected chi connectivity index (χ4v) is 2.89. The molecule has 0 aromatic heterocycles. The predicted octanol–water partition coefficient (Wildman–Crippen LogP) is 1.96. The van der Waals surface area contributed by atoms with E-state index in [0.717, 1.165) is 24.6 Å². The van der Waals surface area contributed by atoms with Gasteiger partial charge in [0.1, 0.15) is 11.5 Å². The summed E-state index contributed by atoms with van der Waals surface area (Å²) < 4.78 is 10.8. The van der Waals surface area contributed by atoms with Crippen LogP contribution in [0, 0.1) is 5.92 Å². The van der Waals surface area contributed by atoms with Crippen LogP contribution in [0.3, 0.4) is 0 Å². The Morgan fingerprint density at radius 3 is 2.74 bits per heavy atom. The van der Waals surface area contributed by atoms with Gasteiger partial charge in [-0.1, -0.05) is 0 Å². The number of ether oxygens (including phenoxy) is 2. The van der Waals surface area contributed by atoms with Gasteiger partial charge in [-0.05, 0) is 57.1 Å². The zero-order chi connectivity index (χ0) is 13.7. The van der Waals surface area contributed by atoms with E-state index in [0.29, 0.717) is 5.92 Å². The Labute approximate surface area is 115 Å². The van der Waals surface area contributed by atoms with E-state index in [1.807, 2.05) is 19.2 Å². The molecule has 0 spiro atoms. The molecular formula is C15H24N2O2. The van der Waals surface area contributed by atoms with E-state index in [1.54, 1.807) is 14.2 Å². The fraction of sp³-hybridized carbons (Fsp3) is 0.600. The number of nitrogens with one attached hydrogen (secondary N) is 2. The highest BCUT2D eigenvalue weighted by atomic mass is 16.5. The fourth-order valence-electron chi connectivity index (χ4n) is 2.89. The first-order valence-corrected chi connectivity index (χ1v) is 6.90. The Bertz CT molecular complexity index is 403. The average Bonchev–Trinajstić information content (AvgIpc) is 2.49. The molecule has 0 aliphatic carbocycles. The summed E-state index contributed by atoms with van der Waals surface area (Å²) in [4.78, 5) is 0. The Morgan fingerprint density at radius 1 is 1.32 bits per heavy atom. The molecule has 1 aliphatic rings. The highest BCUT2D eigenvalue weighted by molar-refractivity contribution is 5.42. The van der Waals surface area contributed by atoms with E-state index in [1.165, 1.54) is 18.4 Å². The van der Waals surface area contributed by atoms with Crippen LogP contribution in [-0.4, -0.2) is 34.4 Å². The van der Waals surface area contributed by atoms with E-state index < -0.39 is 0 Å². The first kappa shape index (κ1) is 14.2. The molecule has 2 unspecified atom stereocenters. The Hall–Kier alpha value is -1.26. The number of hydrogen-bond acceptors (Lipinski definition) is 4. The average molecular weight is 264 g/mol. The quantitative estimate of drug-likeness (QED) is 0.853. The van der Waals surface area contributed by atoms with Crippen molar-refractivity contribution >= 4 is 0 Å². The largest absolute Gasteiger partial charge is 0.497 e. The van der Waals surface area contributed by atoms with Crippen LogP contribution in [0.5, 0.6) is 11.5 Å². The van der Waals surface area contributed by atoms with Gasteiger partial charge in [-0.3, -0.25) is 0 Å². The second kappa shape index (κ2) is 6.78. The molecule has 4 nitrogen and oxygen atoms in total. The molecule has 4 heteroatoms. The van der Waals surface area contributed by atoms with Crippen molar-refractivity contribution in [3.8, 4) is 11.5 Å². The summed E-state index contributed by atoms with van der Waals surface area (Å²) in [6.07, 6.45) is 2.47. The van der Waals surface area contributed by atoms with Crippen molar-refractivity contribution in [1.82, 2.24) is 10.6 Å². The molecule has 1 aromatic rings. The van der Waals surface area contributed by atoms with E-state index in [4.69, 9.17) is 9.47 Å². The summed E-state index contributed by atoms with van der Waals surface area (Å²) in [5.41, 5.74) is 1.18. The lowest BCUT2D eigenvalue weighted by molar-refractivity contribution is 0.289. The first-order chi connectivity index (χ1) is 9.30. The van der Waals surface area contributed by atoms with Crippen molar-refractivity contribution in [3.63, 3.8) is 0 Å². The van der Waals surface area contributed by atoms with Gasteiger partial charge in [-0.15, -0.1) is 0 Å². The van der Waals surface area contributed by atoms with E-state index in [2.05, 4.69) is 16.7 Å². The van der Waals surface area contributed by atoms with Gasteiger partial charge in [0, 0.05) is 11.6 Å². The normalized spacial score (nSPS) is 20.9. The van der Waals surface area contributed by atoms with Crippen LogP contribution in [0.15, 0.2) is 18.2 Å². The van der Waals surface area contributed by atoms with Gasteiger partial charge in [-0.25, -0.2) is 0 Å². The lowest BCUT2D eigenvalue weighted by Crippen LogP contribution is -2.37. The molecule has 1 fully saturated rings. The second-order valence-electron chi connectivity index (χ2n) is 4.98. The zero-order valence-electron chi connectivity index (χ0n) is 12.0. The summed E-state index contributed by atoms with van der Waals surface area (Å²) in [5, 5.41) is 6.91. The third kappa shape index (κ3) is 3.19. The minimum absolute atomic E-state index is 0.290. The lowest BCUT2D eigenvalue weighted by Gasteiger charge is -2.31. The van der Waals surface area contributed by atoms with Gasteiger partial charge in [0.25, 0.3) is 0 Å². The summed E-state index contributed by atoms with van der Waals surface area (Å²) in [6.45, 7) is 2.17. The third-order valence-corrected chi connectivity index (χ3v) is 3.89. The Balaban J connectivity index is 2.29. The molecule has 1 heterocycles. The van der Waals surface area contributed by atoms with Crippen LogP contribution in [0.2, 0.25) is 0 Å². The molecule has 1 saturated heterocycles. The summed E-state index contributed by atoms with van der Waals surface area (Å²) in [7, 11) is 5.43. The van der Waals surface area contributed by atoms with Crippen molar-refractivity contribution in [2.24, 2.45) is 5.92 Å². The minimum Gasteiger partial charge on any atom is -0.497 e. The maximum absolute atomic E-state index is 5.50. The Kier molecular flexibility index (Phi) is 5.05. The number of hydrogen-bond donors (Lipinski definition) is 2. The topological polar surface area (TPSA) is 42.5 Å². The summed E-state index contributed by atoms with van der Waals surface area (Å²) in [5.74, 6) is 2.38. The van der Waals surface area contributed by atoms with Gasteiger partial charge in [0.2, 0.25) is 0 Å². The molecule has 19 heavy (non-hydrogen) atoms. The third-order valence-electron chi connectivity index (χ3n) is 3.89. The number of rotatable bonds is 5. The molecule has 2 atom stereocenters. The maximum atomic E-state index is 5.50. The van der Waals surface area contributed by atoms with Crippen molar-refractivity contribution in [1.29, 1.82) is 0 Å². The monoisotopic (exact) mass is 264 g/mol. The number of methoxy groups -OCH3 is 2. The molecule has 1 aromatic carbocycles. The van der Waals surface area contributed by atoms with Crippen molar-refractivity contribution in [3.05, 3.63) is 23.8 Å². The zero-order valence-corrected chi connectivity index (χ0v) is 12.0. The van der Waals surface area contributed by atoms with Crippen LogP contribution in [0.4, 0.5) is 0 Å². The van der Waals surface area contributed by atoms with Crippen molar-refractivity contribution in [2.75, 3.05) is 34.4 Å². The van der Waals surface area contributed by atoms with Gasteiger partial charge < -0.3 is 20.1 Å². The number of benzene rings is 1. The van der Waals surface area contributed by atoms with Crippen molar-refractivity contribution in [2.45, 2.75) is 18.9 Å².